The van der Waals surface area contributed by atoms with Crippen molar-refractivity contribution in [1.82, 2.24) is 25.5 Å². The summed E-state index contributed by atoms with van der Waals surface area (Å²) in [6.07, 6.45) is 5.29. The molecule has 26 heavy (non-hydrogen) atoms. The molecule has 1 aromatic carbocycles. The largest absolute Gasteiger partial charge is 0.348 e. The molecule has 2 aromatic rings. The topological polar surface area (TPSA) is 73.0 Å². The van der Waals surface area contributed by atoms with Gasteiger partial charge in [0.1, 0.15) is 5.82 Å². The summed E-state index contributed by atoms with van der Waals surface area (Å²) in [6.45, 7) is 4.19. The fourth-order valence-corrected chi connectivity index (χ4v) is 5.26. The van der Waals surface area contributed by atoms with Crippen LogP contribution in [-0.2, 0) is 11.3 Å². The van der Waals surface area contributed by atoms with Gasteiger partial charge in [0.2, 0.25) is 5.91 Å². The van der Waals surface area contributed by atoms with Crippen molar-refractivity contribution >= 4 is 16.9 Å². The summed E-state index contributed by atoms with van der Waals surface area (Å²) >= 11 is 0. The van der Waals surface area contributed by atoms with Crippen LogP contribution in [0.3, 0.4) is 0 Å². The Balaban J connectivity index is 1.29. The lowest BCUT2D eigenvalue weighted by Gasteiger charge is -2.28. The molecular formula is C20H27N5O. The normalized spacial score (nSPS) is 29.5. The highest BCUT2D eigenvalue weighted by Gasteiger charge is 2.55. The number of amides is 1. The summed E-state index contributed by atoms with van der Waals surface area (Å²) < 4.78 is 0. The minimum absolute atomic E-state index is 0.188. The van der Waals surface area contributed by atoms with E-state index in [9.17, 15) is 4.79 Å². The standard InChI is InChI=1S/C20H27N5O/c26-19(22-10-18-23-16-7-3-4-8-17(16)24-18)20-12-21-9-14(20)11-25(13-20)15-5-1-2-6-15/h3-4,7-8,14-15,21H,1-2,5-6,9-13H2,(H,22,26)(H,23,24)/t14-,20-/m1/s1. The summed E-state index contributed by atoms with van der Waals surface area (Å²) in [5.41, 5.74) is 1.70. The molecule has 0 unspecified atom stereocenters. The second-order valence-corrected chi connectivity index (χ2v) is 8.24. The number of carbonyl (C=O) groups is 1. The van der Waals surface area contributed by atoms with Crippen molar-refractivity contribution in [2.24, 2.45) is 11.3 Å². The van der Waals surface area contributed by atoms with Gasteiger partial charge < -0.3 is 15.6 Å². The first-order chi connectivity index (χ1) is 12.7. The Hall–Kier alpha value is -1.92. The number of para-hydroxylation sites is 2. The van der Waals surface area contributed by atoms with E-state index in [4.69, 9.17) is 0 Å². The molecule has 6 heteroatoms. The van der Waals surface area contributed by atoms with Crippen molar-refractivity contribution in [1.29, 1.82) is 0 Å². The molecule has 0 radical (unpaired) electrons. The van der Waals surface area contributed by atoms with Crippen LogP contribution in [0.1, 0.15) is 31.5 Å². The Morgan fingerprint density at radius 1 is 1.31 bits per heavy atom. The number of aromatic amines is 1. The molecule has 2 saturated heterocycles. The second-order valence-electron chi connectivity index (χ2n) is 8.24. The molecule has 2 aliphatic heterocycles. The quantitative estimate of drug-likeness (QED) is 0.781. The van der Waals surface area contributed by atoms with Crippen molar-refractivity contribution < 1.29 is 4.79 Å². The van der Waals surface area contributed by atoms with Crippen molar-refractivity contribution in [3.05, 3.63) is 30.1 Å². The molecule has 2 atom stereocenters. The lowest BCUT2D eigenvalue weighted by Crippen LogP contribution is -2.47. The summed E-state index contributed by atoms with van der Waals surface area (Å²) in [5.74, 6) is 1.44. The smallest absolute Gasteiger partial charge is 0.229 e. The van der Waals surface area contributed by atoms with Crippen LogP contribution in [0, 0.1) is 11.3 Å². The van der Waals surface area contributed by atoms with Gasteiger partial charge in [0.15, 0.2) is 0 Å². The molecule has 3 heterocycles. The number of aromatic nitrogens is 2. The van der Waals surface area contributed by atoms with Crippen molar-refractivity contribution in [2.75, 3.05) is 26.2 Å². The third-order valence-corrected chi connectivity index (χ3v) is 6.70. The Bertz CT molecular complexity index is 778. The predicted octanol–water partition coefficient (Wildman–Crippen LogP) is 1.64. The maximum Gasteiger partial charge on any atom is 0.229 e. The fraction of sp³-hybridized carbons (Fsp3) is 0.600. The van der Waals surface area contributed by atoms with Gasteiger partial charge in [0.25, 0.3) is 0 Å². The van der Waals surface area contributed by atoms with E-state index in [1.165, 1.54) is 25.7 Å². The Morgan fingerprint density at radius 3 is 3.00 bits per heavy atom. The molecule has 1 amide bonds. The highest BCUT2D eigenvalue weighted by Crippen LogP contribution is 2.42. The molecule has 5 rings (SSSR count). The summed E-state index contributed by atoms with van der Waals surface area (Å²) in [5, 5.41) is 6.64. The van der Waals surface area contributed by atoms with E-state index in [2.05, 4.69) is 25.5 Å². The summed E-state index contributed by atoms with van der Waals surface area (Å²) in [4.78, 5) is 23.7. The van der Waals surface area contributed by atoms with E-state index < -0.39 is 0 Å². The summed E-state index contributed by atoms with van der Waals surface area (Å²) in [6, 6.07) is 8.67. The molecule has 6 nitrogen and oxygen atoms in total. The highest BCUT2D eigenvalue weighted by atomic mass is 16.2. The van der Waals surface area contributed by atoms with Gasteiger partial charge in [-0.25, -0.2) is 4.98 Å². The van der Waals surface area contributed by atoms with E-state index in [0.717, 1.165) is 43.0 Å². The Kier molecular flexibility index (Phi) is 3.98. The molecule has 3 aliphatic rings. The first-order valence-electron chi connectivity index (χ1n) is 9.91. The van der Waals surface area contributed by atoms with Crippen LogP contribution in [0.4, 0.5) is 0 Å². The first kappa shape index (κ1) is 16.3. The SMILES string of the molecule is O=C(NCc1nc2ccccc2[nH]1)[C@@]12CNC[C@@H]1CN(C1CCCC1)C2. The van der Waals surface area contributed by atoms with Gasteiger partial charge in [-0.15, -0.1) is 0 Å². The van der Waals surface area contributed by atoms with Gasteiger partial charge in [-0.1, -0.05) is 25.0 Å². The van der Waals surface area contributed by atoms with Gasteiger partial charge in [-0.2, -0.15) is 0 Å². The number of rotatable bonds is 4. The zero-order chi connectivity index (χ0) is 17.6. The van der Waals surface area contributed by atoms with Crippen LogP contribution in [0.25, 0.3) is 11.0 Å². The van der Waals surface area contributed by atoms with Gasteiger partial charge in [-0.3, -0.25) is 9.69 Å². The summed E-state index contributed by atoms with van der Waals surface area (Å²) in [7, 11) is 0. The lowest BCUT2D eigenvalue weighted by atomic mass is 9.80. The number of nitrogens with one attached hydrogen (secondary N) is 3. The minimum Gasteiger partial charge on any atom is -0.348 e. The molecule has 1 aromatic heterocycles. The number of benzene rings is 1. The first-order valence-corrected chi connectivity index (χ1v) is 9.91. The zero-order valence-electron chi connectivity index (χ0n) is 15.1. The van der Waals surface area contributed by atoms with E-state index >= 15 is 0 Å². The van der Waals surface area contributed by atoms with Crippen LogP contribution in [0.5, 0.6) is 0 Å². The van der Waals surface area contributed by atoms with Crippen molar-refractivity contribution in [2.45, 2.75) is 38.3 Å². The number of fused-ring (bicyclic) bond motifs is 2. The molecular weight excluding hydrogens is 326 g/mol. The maximum absolute atomic E-state index is 13.2. The molecule has 3 fully saturated rings. The van der Waals surface area contributed by atoms with E-state index in [1.54, 1.807) is 0 Å². The number of carbonyl (C=O) groups excluding carboxylic acids is 1. The average Bonchev–Trinajstić information content (AvgIpc) is 3.41. The molecule has 1 saturated carbocycles. The molecule has 1 aliphatic carbocycles. The molecule has 3 N–H and O–H groups in total. The number of hydrogen-bond donors (Lipinski definition) is 3. The van der Waals surface area contributed by atoms with Crippen LogP contribution < -0.4 is 10.6 Å². The number of hydrogen-bond acceptors (Lipinski definition) is 4. The van der Waals surface area contributed by atoms with E-state index in [-0.39, 0.29) is 11.3 Å². The average molecular weight is 353 g/mol. The molecule has 0 spiro atoms. The second kappa shape index (κ2) is 6.35. The van der Waals surface area contributed by atoms with Gasteiger partial charge >= 0.3 is 0 Å². The van der Waals surface area contributed by atoms with Crippen LogP contribution in [0.2, 0.25) is 0 Å². The van der Waals surface area contributed by atoms with Gasteiger partial charge in [0, 0.05) is 38.1 Å². The third kappa shape index (κ3) is 2.63. The number of nitrogens with zero attached hydrogens (tertiary/aromatic N) is 2. The van der Waals surface area contributed by atoms with E-state index in [1.807, 2.05) is 24.3 Å². The zero-order valence-corrected chi connectivity index (χ0v) is 15.1. The minimum atomic E-state index is -0.269. The maximum atomic E-state index is 13.2. The van der Waals surface area contributed by atoms with Gasteiger partial charge in [0.05, 0.1) is 23.0 Å². The molecule has 0 bridgehead atoms. The van der Waals surface area contributed by atoms with Crippen molar-refractivity contribution in [3.8, 4) is 0 Å². The lowest BCUT2D eigenvalue weighted by molar-refractivity contribution is -0.131. The van der Waals surface area contributed by atoms with Crippen molar-refractivity contribution in [3.63, 3.8) is 0 Å². The highest BCUT2D eigenvalue weighted by molar-refractivity contribution is 5.84. The monoisotopic (exact) mass is 353 g/mol. The fourth-order valence-electron chi connectivity index (χ4n) is 5.26. The Morgan fingerprint density at radius 2 is 2.15 bits per heavy atom. The number of H-pyrrole nitrogens is 1. The molecule has 138 valence electrons. The van der Waals surface area contributed by atoms with E-state index in [0.29, 0.717) is 18.5 Å². The van der Waals surface area contributed by atoms with Crippen LogP contribution in [0.15, 0.2) is 24.3 Å². The third-order valence-electron chi connectivity index (χ3n) is 6.70. The van der Waals surface area contributed by atoms with Gasteiger partial charge in [-0.05, 0) is 25.0 Å². The van der Waals surface area contributed by atoms with Crippen LogP contribution in [-0.4, -0.2) is 53.0 Å². The van der Waals surface area contributed by atoms with Crippen LogP contribution >= 0.6 is 0 Å². The Labute approximate surface area is 153 Å². The number of likely N-dealkylation sites (tertiary alicyclic amines) is 1. The predicted molar refractivity (Wildman–Crippen MR) is 101 cm³/mol. The number of imidazole rings is 1.